The van der Waals surface area contributed by atoms with Gasteiger partial charge in [0.15, 0.2) is 5.96 Å². The first kappa shape index (κ1) is 18.1. The van der Waals surface area contributed by atoms with Crippen LogP contribution in [0, 0.1) is 13.8 Å². The van der Waals surface area contributed by atoms with Crippen LogP contribution in [0.2, 0.25) is 0 Å². The first-order chi connectivity index (χ1) is 11.6. The second-order valence-corrected chi connectivity index (χ2v) is 9.83. The number of hydrogen-bond donors (Lipinski definition) is 1. The van der Waals surface area contributed by atoms with Gasteiger partial charge in [-0.3, -0.25) is 4.99 Å². The van der Waals surface area contributed by atoms with Gasteiger partial charge >= 0.3 is 0 Å². The molecule has 0 atom stereocenters. The molecule has 2 aliphatic rings. The molecule has 0 amide bonds. The van der Waals surface area contributed by atoms with Gasteiger partial charge < -0.3 is 10.2 Å². The standard InChI is InChI=1S/C18H30N4S2/c1-14-16(24-15(2)21-14)7-10-20-17(19-3)22-11-12-23-18(13-22)8-5-4-6-9-18/h4-13H2,1-3H3,(H,19,20). The van der Waals surface area contributed by atoms with E-state index in [9.17, 15) is 0 Å². The fraction of sp³-hybridized carbons (Fsp3) is 0.778. The molecule has 1 aliphatic carbocycles. The Morgan fingerprint density at radius 1 is 1.29 bits per heavy atom. The fourth-order valence-corrected chi connectivity index (χ4v) is 6.46. The lowest BCUT2D eigenvalue weighted by Gasteiger charge is -2.45. The average molecular weight is 367 g/mol. The van der Waals surface area contributed by atoms with Crippen LogP contribution in [0.1, 0.15) is 47.7 Å². The minimum Gasteiger partial charge on any atom is -0.356 e. The molecule has 0 aromatic carbocycles. The van der Waals surface area contributed by atoms with E-state index in [4.69, 9.17) is 0 Å². The van der Waals surface area contributed by atoms with Crippen molar-refractivity contribution in [2.45, 2.75) is 57.1 Å². The summed E-state index contributed by atoms with van der Waals surface area (Å²) in [7, 11) is 1.92. The van der Waals surface area contributed by atoms with Crippen LogP contribution in [-0.2, 0) is 6.42 Å². The third-order valence-corrected chi connectivity index (χ3v) is 7.83. The maximum absolute atomic E-state index is 4.56. The number of thiazole rings is 1. The summed E-state index contributed by atoms with van der Waals surface area (Å²) >= 11 is 4.03. The molecule has 1 saturated carbocycles. The number of nitrogens with zero attached hydrogens (tertiary/aromatic N) is 3. The summed E-state index contributed by atoms with van der Waals surface area (Å²) in [6, 6.07) is 0. The van der Waals surface area contributed by atoms with Crippen LogP contribution >= 0.6 is 23.1 Å². The molecule has 1 spiro atoms. The van der Waals surface area contributed by atoms with E-state index in [2.05, 4.69) is 45.8 Å². The van der Waals surface area contributed by atoms with Gasteiger partial charge in [-0.1, -0.05) is 19.3 Å². The van der Waals surface area contributed by atoms with E-state index in [-0.39, 0.29) is 0 Å². The molecule has 1 saturated heterocycles. The third-order valence-electron chi connectivity index (χ3n) is 5.16. The third kappa shape index (κ3) is 4.26. The maximum Gasteiger partial charge on any atom is 0.193 e. The SMILES string of the molecule is CN=C(NCCc1sc(C)nc1C)N1CCSC2(CCCCC2)C1. The van der Waals surface area contributed by atoms with Gasteiger partial charge in [0.05, 0.1) is 10.7 Å². The molecule has 6 heteroatoms. The van der Waals surface area contributed by atoms with Crippen LogP contribution in [0.15, 0.2) is 4.99 Å². The molecular weight excluding hydrogens is 336 g/mol. The molecule has 1 aromatic heterocycles. The normalized spacial score (nSPS) is 21.3. The van der Waals surface area contributed by atoms with E-state index >= 15 is 0 Å². The molecule has 3 rings (SSSR count). The van der Waals surface area contributed by atoms with Crippen LogP contribution in [-0.4, -0.2) is 53.0 Å². The molecule has 2 fully saturated rings. The second-order valence-electron chi connectivity index (χ2n) is 6.98. The Balaban J connectivity index is 1.54. The average Bonchev–Trinajstić information content (AvgIpc) is 2.90. The van der Waals surface area contributed by atoms with E-state index in [0.717, 1.165) is 32.0 Å². The number of aromatic nitrogens is 1. The number of guanidine groups is 1. The molecular formula is C18H30N4S2. The lowest BCUT2D eigenvalue weighted by Crippen LogP contribution is -2.53. The van der Waals surface area contributed by atoms with Crippen molar-refractivity contribution in [3.8, 4) is 0 Å². The van der Waals surface area contributed by atoms with E-state index in [1.165, 1.54) is 53.4 Å². The minimum atomic E-state index is 0.486. The molecule has 24 heavy (non-hydrogen) atoms. The number of nitrogens with one attached hydrogen (secondary N) is 1. The molecule has 0 radical (unpaired) electrons. The topological polar surface area (TPSA) is 40.5 Å². The maximum atomic E-state index is 4.56. The van der Waals surface area contributed by atoms with Gasteiger partial charge in [-0.15, -0.1) is 11.3 Å². The molecule has 4 nitrogen and oxygen atoms in total. The lowest BCUT2D eigenvalue weighted by molar-refractivity contribution is 0.293. The second kappa shape index (κ2) is 8.09. The van der Waals surface area contributed by atoms with Crippen LogP contribution in [0.25, 0.3) is 0 Å². The molecule has 134 valence electrons. The largest absolute Gasteiger partial charge is 0.356 e. The quantitative estimate of drug-likeness (QED) is 0.655. The van der Waals surface area contributed by atoms with Crippen molar-refractivity contribution in [1.82, 2.24) is 15.2 Å². The molecule has 2 heterocycles. The number of hydrogen-bond acceptors (Lipinski definition) is 4. The van der Waals surface area contributed by atoms with Gasteiger partial charge in [-0.2, -0.15) is 11.8 Å². The summed E-state index contributed by atoms with van der Waals surface area (Å²) in [4.78, 5) is 13.0. The number of aliphatic imine (C=N–C) groups is 1. The molecule has 1 aliphatic heterocycles. The van der Waals surface area contributed by atoms with E-state index in [0.29, 0.717) is 4.75 Å². The summed E-state index contributed by atoms with van der Waals surface area (Å²) in [5.41, 5.74) is 1.19. The van der Waals surface area contributed by atoms with Crippen LogP contribution < -0.4 is 5.32 Å². The van der Waals surface area contributed by atoms with Gasteiger partial charge in [-0.25, -0.2) is 4.98 Å². The summed E-state index contributed by atoms with van der Waals surface area (Å²) in [5, 5.41) is 4.76. The minimum absolute atomic E-state index is 0.486. The summed E-state index contributed by atoms with van der Waals surface area (Å²) < 4.78 is 0.486. The monoisotopic (exact) mass is 366 g/mol. The highest BCUT2D eigenvalue weighted by atomic mass is 32.2. The van der Waals surface area contributed by atoms with Gasteiger partial charge in [0, 0.05) is 48.5 Å². The summed E-state index contributed by atoms with van der Waals surface area (Å²) in [6.45, 7) is 7.41. The Hall–Kier alpha value is -0.750. The number of rotatable bonds is 3. The predicted molar refractivity (Wildman–Crippen MR) is 107 cm³/mol. The smallest absolute Gasteiger partial charge is 0.193 e. The zero-order chi connectivity index (χ0) is 17.0. The van der Waals surface area contributed by atoms with E-state index in [1.807, 2.05) is 18.4 Å². The first-order valence-electron chi connectivity index (χ1n) is 9.14. The molecule has 0 bridgehead atoms. The van der Waals surface area contributed by atoms with E-state index in [1.54, 1.807) is 0 Å². The summed E-state index contributed by atoms with van der Waals surface area (Å²) in [6.07, 6.45) is 8.01. The Labute approximate surface area is 154 Å². The van der Waals surface area contributed by atoms with Crippen molar-refractivity contribution >= 4 is 29.1 Å². The van der Waals surface area contributed by atoms with Gasteiger partial charge in [0.25, 0.3) is 0 Å². The van der Waals surface area contributed by atoms with Crippen molar-refractivity contribution in [3.05, 3.63) is 15.6 Å². The zero-order valence-corrected chi connectivity index (χ0v) is 16.9. The number of aryl methyl sites for hydroxylation is 2. The summed E-state index contributed by atoms with van der Waals surface area (Å²) in [5.74, 6) is 2.31. The number of thioether (sulfide) groups is 1. The predicted octanol–water partition coefficient (Wildman–Crippen LogP) is 3.63. The Morgan fingerprint density at radius 3 is 2.75 bits per heavy atom. The first-order valence-corrected chi connectivity index (χ1v) is 10.9. The lowest BCUT2D eigenvalue weighted by atomic mass is 9.87. The highest BCUT2D eigenvalue weighted by Gasteiger charge is 2.38. The Bertz CT molecular complexity index is 570. The van der Waals surface area contributed by atoms with Crippen molar-refractivity contribution in [2.24, 2.45) is 4.99 Å². The van der Waals surface area contributed by atoms with Crippen molar-refractivity contribution in [2.75, 3.05) is 32.4 Å². The molecule has 1 aromatic rings. The van der Waals surface area contributed by atoms with Gasteiger partial charge in [-0.05, 0) is 26.7 Å². The Morgan fingerprint density at radius 2 is 2.08 bits per heavy atom. The fourth-order valence-electron chi connectivity index (χ4n) is 3.95. The molecule has 1 N–H and O–H groups in total. The Kier molecular flexibility index (Phi) is 6.08. The van der Waals surface area contributed by atoms with Gasteiger partial charge in [0.1, 0.15) is 0 Å². The highest BCUT2D eigenvalue weighted by Crippen LogP contribution is 2.42. The van der Waals surface area contributed by atoms with E-state index < -0.39 is 0 Å². The van der Waals surface area contributed by atoms with Crippen LogP contribution in [0.4, 0.5) is 0 Å². The van der Waals surface area contributed by atoms with Crippen molar-refractivity contribution < 1.29 is 0 Å². The van der Waals surface area contributed by atoms with Gasteiger partial charge in [0.2, 0.25) is 0 Å². The highest BCUT2D eigenvalue weighted by molar-refractivity contribution is 8.00. The van der Waals surface area contributed by atoms with Crippen LogP contribution in [0.3, 0.4) is 0 Å². The molecule has 0 unspecified atom stereocenters. The zero-order valence-electron chi connectivity index (χ0n) is 15.2. The van der Waals surface area contributed by atoms with Crippen molar-refractivity contribution in [1.29, 1.82) is 0 Å². The van der Waals surface area contributed by atoms with Crippen molar-refractivity contribution in [3.63, 3.8) is 0 Å². The van der Waals surface area contributed by atoms with Crippen LogP contribution in [0.5, 0.6) is 0 Å².